The number of nitrogens with zero attached hydrogens (tertiary/aromatic N) is 1. The maximum atomic E-state index is 6.48. The summed E-state index contributed by atoms with van der Waals surface area (Å²) in [5.41, 5.74) is 2.89. The summed E-state index contributed by atoms with van der Waals surface area (Å²) in [7, 11) is 8.14. The van der Waals surface area contributed by atoms with Crippen LogP contribution in [0, 0.1) is 0 Å². The van der Waals surface area contributed by atoms with E-state index in [0.29, 0.717) is 6.61 Å². The topological polar surface area (TPSA) is 22.1 Å². The molecule has 2 radical (unpaired) electrons. The fourth-order valence-corrected chi connectivity index (χ4v) is 2.15. The Balaban J connectivity index is 3.03. The number of rotatable bonds is 7. The standard InChI is InChI=1S/C15H22BNO/c1-5-8-15(16,6-2)13-7-9-17-14(10-13)12(3)11-18-4/h7,9-10H,3,5-6,8,11H2,1-2,4H3. The summed E-state index contributed by atoms with van der Waals surface area (Å²) >= 11 is 0. The Labute approximate surface area is 112 Å². The van der Waals surface area contributed by atoms with Gasteiger partial charge in [-0.05, 0) is 28.6 Å². The van der Waals surface area contributed by atoms with Crippen molar-refractivity contribution in [2.24, 2.45) is 0 Å². The number of hydrogen-bond donors (Lipinski definition) is 0. The van der Waals surface area contributed by atoms with E-state index in [0.717, 1.165) is 36.1 Å². The zero-order valence-electron chi connectivity index (χ0n) is 11.7. The first kappa shape index (κ1) is 15.0. The van der Waals surface area contributed by atoms with Crippen LogP contribution < -0.4 is 0 Å². The molecule has 0 aliphatic rings. The molecule has 0 aliphatic carbocycles. The van der Waals surface area contributed by atoms with Crippen LogP contribution in [0.1, 0.15) is 44.4 Å². The molecule has 0 spiro atoms. The van der Waals surface area contributed by atoms with Crippen molar-refractivity contribution >= 4 is 13.4 Å². The van der Waals surface area contributed by atoms with Crippen LogP contribution in [0.5, 0.6) is 0 Å². The maximum absolute atomic E-state index is 6.48. The molecule has 3 heteroatoms. The monoisotopic (exact) mass is 243 g/mol. The van der Waals surface area contributed by atoms with Crippen LogP contribution in [-0.4, -0.2) is 26.5 Å². The summed E-state index contributed by atoms with van der Waals surface area (Å²) in [4.78, 5) is 4.33. The van der Waals surface area contributed by atoms with E-state index in [1.807, 2.05) is 12.1 Å². The molecular weight excluding hydrogens is 221 g/mol. The summed E-state index contributed by atoms with van der Waals surface area (Å²) in [6.45, 7) is 8.76. The maximum Gasteiger partial charge on any atom is 0.0810 e. The highest BCUT2D eigenvalue weighted by molar-refractivity contribution is 6.15. The number of methoxy groups -OCH3 is 1. The van der Waals surface area contributed by atoms with Crippen LogP contribution in [0.2, 0.25) is 0 Å². The zero-order chi connectivity index (χ0) is 13.6. The molecule has 2 nitrogen and oxygen atoms in total. The molecule has 1 aromatic heterocycles. The lowest BCUT2D eigenvalue weighted by molar-refractivity contribution is 0.239. The van der Waals surface area contributed by atoms with Gasteiger partial charge in [-0.25, -0.2) is 0 Å². The van der Waals surface area contributed by atoms with Gasteiger partial charge in [-0.1, -0.05) is 39.7 Å². The van der Waals surface area contributed by atoms with Crippen molar-refractivity contribution in [2.45, 2.75) is 38.4 Å². The van der Waals surface area contributed by atoms with Gasteiger partial charge < -0.3 is 4.74 Å². The van der Waals surface area contributed by atoms with Crippen molar-refractivity contribution in [3.05, 3.63) is 36.2 Å². The summed E-state index contributed by atoms with van der Waals surface area (Å²) in [5, 5.41) is -0.264. The first-order valence-corrected chi connectivity index (χ1v) is 6.50. The molecule has 0 aliphatic heterocycles. The van der Waals surface area contributed by atoms with Gasteiger partial charge in [0.25, 0.3) is 0 Å². The quantitative estimate of drug-likeness (QED) is 0.685. The normalized spacial score (nSPS) is 14.2. The minimum atomic E-state index is -0.264. The largest absolute Gasteiger partial charge is 0.380 e. The first-order valence-electron chi connectivity index (χ1n) is 6.50. The third-order valence-electron chi connectivity index (χ3n) is 3.34. The minimum Gasteiger partial charge on any atom is -0.380 e. The molecule has 0 fully saturated rings. The van der Waals surface area contributed by atoms with Crippen molar-refractivity contribution < 1.29 is 4.74 Å². The Morgan fingerprint density at radius 1 is 1.50 bits per heavy atom. The van der Waals surface area contributed by atoms with Gasteiger partial charge in [0.2, 0.25) is 0 Å². The van der Waals surface area contributed by atoms with Crippen molar-refractivity contribution in [3.8, 4) is 0 Å². The SMILES string of the molecule is [B]C(CC)(CCC)c1ccnc(C(=C)COC)c1. The second kappa shape index (κ2) is 6.74. The Bertz CT molecular complexity index is 405. The van der Waals surface area contributed by atoms with E-state index in [1.54, 1.807) is 13.3 Å². The predicted octanol–water partition coefficient (Wildman–Crippen LogP) is 3.32. The molecule has 0 aromatic carbocycles. The fraction of sp³-hybridized carbons (Fsp3) is 0.533. The Kier molecular flexibility index (Phi) is 5.61. The van der Waals surface area contributed by atoms with Gasteiger partial charge >= 0.3 is 0 Å². The highest BCUT2D eigenvalue weighted by Gasteiger charge is 2.23. The summed E-state index contributed by atoms with van der Waals surface area (Å²) in [6.07, 6.45) is 4.77. The lowest BCUT2D eigenvalue weighted by Crippen LogP contribution is -2.25. The molecule has 1 unspecified atom stereocenters. The molecule has 1 aromatic rings. The fourth-order valence-electron chi connectivity index (χ4n) is 2.15. The molecule has 0 bridgehead atoms. The molecule has 0 saturated carbocycles. The molecule has 0 saturated heterocycles. The van der Waals surface area contributed by atoms with Gasteiger partial charge in [-0.3, -0.25) is 4.98 Å². The van der Waals surface area contributed by atoms with E-state index in [4.69, 9.17) is 12.6 Å². The van der Waals surface area contributed by atoms with Crippen molar-refractivity contribution in [3.63, 3.8) is 0 Å². The molecule has 0 N–H and O–H groups in total. The summed E-state index contributed by atoms with van der Waals surface area (Å²) < 4.78 is 5.09. The highest BCUT2D eigenvalue weighted by atomic mass is 16.5. The number of ether oxygens (including phenoxy) is 1. The van der Waals surface area contributed by atoms with Gasteiger partial charge in [0.1, 0.15) is 0 Å². The number of pyridine rings is 1. The summed E-state index contributed by atoms with van der Waals surface area (Å²) in [6, 6.07) is 4.04. The molecule has 1 heterocycles. The van der Waals surface area contributed by atoms with E-state index in [1.165, 1.54) is 0 Å². The van der Waals surface area contributed by atoms with Crippen molar-refractivity contribution in [1.82, 2.24) is 4.98 Å². The Hall–Kier alpha value is -1.09. The van der Waals surface area contributed by atoms with Gasteiger partial charge in [0.15, 0.2) is 0 Å². The molecule has 96 valence electrons. The lowest BCUT2D eigenvalue weighted by atomic mass is 9.60. The van der Waals surface area contributed by atoms with Crippen LogP contribution in [0.3, 0.4) is 0 Å². The van der Waals surface area contributed by atoms with Crippen LogP contribution >= 0.6 is 0 Å². The van der Waals surface area contributed by atoms with E-state index in [9.17, 15) is 0 Å². The third kappa shape index (κ3) is 3.45. The Morgan fingerprint density at radius 2 is 2.22 bits per heavy atom. The summed E-state index contributed by atoms with van der Waals surface area (Å²) in [5.74, 6) is 0. The van der Waals surface area contributed by atoms with Crippen LogP contribution in [0.15, 0.2) is 24.9 Å². The zero-order valence-corrected chi connectivity index (χ0v) is 11.7. The third-order valence-corrected chi connectivity index (χ3v) is 3.34. The van der Waals surface area contributed by atoms with Gasteiger partial charge in [0, 0.05) is 13.3 Å². The molecule has 0 amide bonds. The molecule has 1 rings (SSSR count). The van der Waals surface area contributed by atoms with Gasteiger partial charge in [-0.15, -0.1) is 0 Å². The lowest BCUT2D eigenvalue weighted by Gasteiger charge is -2.29. The van der Waals surface area contributed by atoms with Crippen LogP contribution in [0.25, 0.3) is 5.57 Å². The minimum absolute atomic E-state index is 0.264. The molecule has 18 heavy (non-hydrogen) atoms. The van der Waals surface area contributed by atoms with Crippen molar-refractivity contribution in [2.75, 3.05) is 13.7 Å². The second-order valence-corrected chi connectivity index (χ2v) is 4.73. The first-order chi connectivity index (χ1) is 8.57. The van der Waals surface area contributed by atoms with Crippen LogP contribution in [0.4, 0.5) is 0 Å². The van der Waals surface area contributed by atoms with Gasteiger partial charge in [-0.2, -0.15) is 0 Å². The van der Waals surface area contributed by atoms with E-state index in [2.05, 4.69) is 25.4 Å². The number of hydrogen-bond acceptors (Lipinski definition) is 2. The number of aromatic nitrogens is 1. The average Bonchev–Trinajstić information content (AvgIpc) is 2.39. The van der Waals surface area contributed by atoms with Crippen molar-refractivity contribution in [1.29, 1.82) is 0 Å². The van der Waals surface area contributed by atoms with E-state index < -0.39 is 0 Å². The second-order valence-electron chi connectivity index (χ2n) is 4.73. The average molecular weight is 243 g/mol. The van der Waals surface area contributed by atoms with E-state index >= 15 is 0 Å². The smallest absolute Gasteiger partial charge is 0.0810 e. The Morgan fingerprint density at radius 3 is 2.78 bits per heavy atom. The predicted molar refractivity (Wildman–Crippen MR) is 77.8 cm³/mol. The molecular formula is C15H22BNO. The van der Waals surface area contributed by atoms with Gasteiger partial charge in [0.05, 0.1) is 20.1 Å². The molecule has 1 atom stereocenters. The highest BCUT2D eigenvalue weighted by Crippen LogP contribution is 2.30. The van der Waals surface area contributed by atoms with Crippen LogP contribution in [-0.2, 0) is 10.1 Å². The van der Waals surface area contributed by atoms with E-state index in [-0.39, 0.29) is 5.31 Å².